The van der Waals surface area contributed by atoms with Gasteiger partial charge in [-0.3, -0.25) is 0 Å². The molecule has 0 heterocycles. The molecule has 0 aliphatic rings. The van der Waals surface area contributed by atoms with Gasteiger partial charge < -0.3 is 14.6 Å². The lowest BCUT2D eigenvalue weighted by atomic mass is 10.0. The van der Waals surface area contributed by atoms with Crippen molar-refractivity contribution in [3.63, 3.8) is 0 Å². The third-order valence-corrected chi connectivity index (χ3v) is 4.80. The van der Waals surface area contributed by atoms with Gasteiger partial charge in [0.1, 0.15) is 0 Å². The summed E-state index contributed by atoms with van der Waals surface area (Å²) >= 11 is 0. The number of nitrogens with zero attached hydrogens (tertiary/aromatic N) is 3. The maximum Gasteiger partial charge on any atom is 0.0704 e. The normalized spacial score (nSPS) is 14.0. The van der Waals surface area contributed by atoms with Crippen molar-refractivity contribution < 1.29 is 14.6 Å². The molecule has 0 aliphatic heterocycles. The van der Waals surface area contributed by atoms with Crippen molar-refractivity contribution in [1.82, 2.24) is 0 Å². The zero-order valence-corrected chi connectivity index (χ0v) is 19.1. The highest BCUT2D eigenvalue weighted by Crippen LogP contribution is 2.14. The summed E-state index contributed by atoms with van der Waals surface area (Å²) in [5.74, 6) is 0. The molecule has 0 aromatic heterocycles. The zero-order valence-electron chi connectivity index (χ0n) is 19.1. The van der Waals surface area contributed by atoms with Gasteiger partial charge in [-0.1, -0.05) is 41.6 Å². The molecule has 6 nitrogen and oxygen atoms in total. The molecule has 30 heavy (non-hydrogen) atoms. The summed E-state index contributed by atoms with van der Waals surface area (Å²) in [5.41, 5.74) is 8.71. The Labute approximate surface area is 183 Å². The van der Waals surface area contributed by atoms with E-state index in [4.69, 9.17) is 20.1 Å². The van der Waals surface area contributed by atoms with E-state index in [-0.39, 0.29) is 18.8 Å². The third-order valence-electron chi connectivity index (χ3n) is 4.80. The second-order valence-electron chi connectivity index (χ2n) is 7.31. The van der Waals surface area contributed by atoms with Crippen LogP contribution in [0.25, 0.3) is 10.4 Å². The molecule has 0 fully saturated rings. The van der Waals surface area contributed by atoms with Crippen LogP contribution in [0.5, 0.6) is 0 Å². The van der Waals surface area contributed by atoms with Gasteiger partial charge >= 0.3 is 0 Å². The van der Waals surface area contributed by atoms with Crippen molar-refractivity contribution in [2.45, 2.75) is 90.2 Å². The van der Waals surface area contributed by atoms with Crippen LogP contribution >= 0.6 is 0 Å². The monoisotopic (exact) mass is 421 g/mol. The van der Waals surface area contributed by atoms with Gasteiger partial charge in [-0.25, -0.2) is 0 Å². The van der Waals surface area contributed by atoms with E-state index in [0.717, 1.165) is 64.2 Å². The van der Waals surface area contributed by atoms with Gasteiger partial charge in [0.05, 0.1) is 32.5 Å². The molecule has 0 amide bonds. The Hall–Kier alpha value is -1.59. The minimum absolute atomic E-state index is 0.0526. The lowest BCUT2D eigenvalue weighted by molar-refractivity contribution is -0.00852. The van der Waals surface area contributed by atoms with Gasteiger partial charge in [-0.2, -0.15) is 0 Å². The van der Waals surface area contributed by atoms with Crippen molar-refractivity contribution in [2.24, 2.45) is 5.11 Å². The van der Waals surface area contributed by atoms with Crippen LogP contribution in [-0.4, -0.2) is 43.7 Å². The van der Waals surface area contributed by atoms with E-state index in [1.54, 1.807) is 0 Å². The number of hydrogen-bond acceptors (Lipinski definition) is 4. The van der Waals surface area contributed by atoms with E-state index in [9.17, 15) is 0 Å². The number of allylic oxidation sites excluding steroid dienone is 6. The van der Waals surface area contributed by atoms with Crippen molar-refractivity contribution in [3.8, 4) is 0 Å². The van der Waals surface area contributed by atoms with E-state index in [0.29, 0.717) is 19.8 Å². The predicted octanol–water partition coefficient (Wildman–Crippen LogP) is 6.67. The Morgan fingerprint density at radius 1 is 0.833 bits per heavy atom. The van der Waals surface area contributed by atoms with Gasteiger partial charge in [0.25, 0.3) is 0 Å². The fourth-order valence-electron chi connectivity index (χ4n) is 3.16. The van der Waals surface area contributed by atoms with Gasteiger partial charge in [0.2, 0.25) is 0 Å². The highest BCUT2D eigenvalue weighted by Gasteiger charge is 2.08. The number of rotatable bonds is 21. The Bertz CT molecular complexity index is 500. The average Bonchev–Trinajstić information content (AvgIpc) is 2.75. The summed E-state index contributed by atoms with van der Waals surface area (Å²) in [4.78, 5) is 2.98. The topological polar surface area (TPSA) is 87.5 Å². The number of ether oxygens (including phenoxy) is 2. The molecule has 0 bridgehead atoms. The molecular weight excluding hydrogens is 378 g/mol. The highest BCUT2D eigenvalue weighted by molar-refractivity contribution is 4.85. The summed E-state index contributed by atoms with van der Waals surface area (Å²) in [6.07, 6.45) is 23.4. The van der Waals surface area contributed by atoms with Gasteiger partial charge in [0.15, 0.2) is 0 Å². The molecule has 2 atom stereocenters. The third kappa shape index (κ3) is 19.7. The van der Waals surface area contributed by atoms with Crippen LogP contribution < -0.4 is 0 Å². The second kappa shape index (κ2) is 23.7. The first-order valence-corrected chi connectivity index (χ1v) is 11.5. The van der Waals surface area contributed by atoms with Crippen LogP contribution in [0.1, 0.15) is 78.1 Å². The molecule has 0 aromatic rings. The molecule has 0 rings (SSSR count). The lowest BCUT2D eigenvalue weighted by Crippen LogP contribution is -2.17. The average molecular weight is 422 g/mol. The molecule has 0 saturated heterocycles. The minimum atomic E-state index is 0.0526. The van der Waals surface area contributed by atoms with E-state index < -0.39 is 0 Å². The van der Waals surface area contributed by atoms with E-state index in [2.05, 4.69) is 47.3 Å². The van der Waals surface area contributed by atoms with Crippen molar-refractivity contribution in [3.05, 3.63) is 46.9 Å². The van der Waals surface area contributed by atoms with Gasteiger partial charge in [-0.05, 0) is 83.6 Å². The van der Waals surface area contributed by atoms with Gasteiger partial charge in [0, 0.05) is 11.0 Å². The molecule has 172 valence electrons. The van der Waals surface area contributed by atoms with Crippen LogP contribution in [0.15, 0.2) is 41.6 Å². The maximum absolute atomic E-state index is 8.75. The van der Waals surface area contributed by atoms with E-state index >= 15 is 0 Å². The smallest absolute Gasteiger partial charge is 0.0704 e. The summed E-state index contributed by atoms with van der Waals surface area (Å²) in [6.45, 7) is 5.59. The van der Waals surface area contributed by atoms with Crippen LogP contribution in [0, 0.1) is 0 Å². The number of hydrogen-bond donors (Lipinski definition) is 1. The molecule has 0 aromatic carbocycles. The quantitative estimate of drug-likeness (QED) is 0.0738. The Morgan fingerprint density at radius 2 is 1.50 bits per heavy atom. The number of aliphatic hydroxyl groups excluding tert-OH is 1. The summed E-state index contributed by atoms with van der Waals surface area (Å²) in [6, 6.07) is 0.0996. The molecule has 1 N–H and O–H groups in total. The number of aliphatic hydroxyl groups is 1. The number of unbranched alkanes of at least 4 members (excludes halogenated alkanes) is 2. The van der Waals surface area contributed by atoms with Crippen molar-refractivity contribution in [1.29, 1.82) is 0 Å². The molecule has 0 aliphatic carbocycles. The fraction of sp³-hybridized carbons (Fsp3) is 0.750. The predicted molar refractivity (Wildman–Crippen MR) is 126 cm³/mol. The maximum atomic E-state index is 8.75. The molecule has 0 saturated carbocycles. The molecule has 6 heteroatoms. The Kier molecular flexibility index (Phi) is 22.4. The Morgan fingerprint density at radius 3 is 2.23 bits per heavy atom. The standard InChI is InChI=1S/C24H43N3O3/c1-3-5-7-13-17-24(30-22-21-29-20-19-28)18-14-10-8-9-12-16-23(26-27-25)15-11-6-4-2/h3-6,8,10,23-24,28H,7,9,11-22H2,1-2H3/b5-3+,6-4+,10-8+. The first-order chi connectivity index (χ1) is 14.8. The molecule has 0 spiro atoms. The minimum Gasteiger partial charge on any atom is -0.394 e. The summed E-state index contributed by atoms with van der Waals surface area (Å²) in [7, 11) is 0. The zero-order chi connectivity index (χ0) is 22.1. The first kappa shape index (κ1) is 28.4. The van der Waals surface area contributed by atoms with Crippen LogP contribution in [0.2, 0.25) is 0 Å². The van der Waals surface area contributed by atoms with Crippen molar-refractivity contribution in [2.75, 3.05) is 26.4 Å². The SMILES string of the molecule is C/C=C/CCCC(CC/C=C/CCCC(CC/C=C/C)N=[N+]=[N-])OCCOCCO. The summed E-state index contributed by atoms with van der Waals surface area (Å²) in [5, 5.41) is 12.7. The van der Waals surface area contributed by atoms with Crippen LogP contribution in [0.3, 0.4) is 0 Å². The summed E-state index contributed by atoms with van der Waals surface area (Å²) < 4.78 is 11.3. The largest absolute Gasteiger partial charge is 0.394 e. The second-order valence-corrected chi connectivity index (χ2v) is 7.31. The highest BCUT2D eigenvalue weighted by atomic mass is 16.5. The molecule has 2 unspecified atom stereocenters. The van der Waals surface area contributed by atoms with E-state index in [1.807, 2.05) is 13.0 Å². The van der Waals surface area contributed by atoms with Crippen LogP contribution in [-0.2, 0) is 9.47 Å². The Balaban J connectivity index is 4.09. The van der Waals surface area contributed by atoms with E-state index in [1.165, 1.54) is 0 Å². The fourth-order valence-corrected chi connectivity index (χ4v) is 3.16. The van der Waals surface area contributed by atoms with Crippen molar-refractivity contribution >= 4 is 0 Å². The van der Waals surface area contributed by atoms with Gasteiger partial charge in [-0.15, -0.1) is 0 Å². The molecule has 0 radical (unpaired) electrons. The molecular formula is C24H43N3O3. The van der Waals surface area contributed by atoms with Crippen LogP contribution in [0.4, 0.5) is 0 Å². The number of azide groups is 1. The first-order valence-electron chi connectivity index (χ1n) is 11.5. The lowest BCUT2D eigenvalue weighted by Gasteiger charge is -2.17.